The van der Waals surface area contributed by atoms with E-state index in [0.29, 0.717) is 37.5 Å². The lowest BCUT2D eigenvalue weighted by atomic mass is 9.96. The summed E-state index contributed by atoms with van der Waals surface area (Å²) in [6.07, 6.45) is 3.85. The molecule has 0 unspecified atom stereocenters. The van der Waals surface area contributed by atoms with Crippen molar-refractivity contribution in [1.82, 2.24) is 10.2 Å². The molecule has 4 nitrogen and oxygen atoms in total. The van der Waals surface area contributed by atoms with Crippen molar-refractivity contribution in [2.45, 2.75) is 30.7 Å². The van der Waals surface area contributed by atoms with Gasteiger partial charge >= 0.3 is 0 Å². The maximum absolute atomic E-state index is 12.6. The van der Waals surface area contributed by atoms with Gasteiger partial charge in [0.05, 0.1) is 5.92 Å². The van der Waals surface area contributed by atoms with Crippen LogP contribution in [-0.4, -0.2) is 36.1 Å². The Balaban J connectivity index is 1.50. The van der Waals surface area contributed by atoms with E-state index in [0.717, 1.165) is 17.5 Å². The molecule has 2 amide bonds. The molecule has 1 aliphatic rings. The first-order valence-corrected chi connectivity index (χ1v) is 11.1. The molecule has 1 aliphatic heterocycles. The highest BCUT2D eigenvalue weighted by Crippen LogP contribution is 2.19. The van der Waals surface area contributed by atoms with E-state index < -0.39 is 0 Å². The van der Waals surface area contributed by atoms with Gasteiger partial charge in [0.2, 0.25) is 11.8 Å². The molecule has 0 saturated carbocycles. The molecule has 0 radical (unpaired) electrons. The SMILES string of the molecule is CSc1ccc(CNC(=O)[C@H]2CCC(=O)N(CCc3ccc(Cl)cc3)C2)cc1. The fourth-order valence-corrected chi connectivity index (χ4v) is 3.87. The third kappa shape index (κ3) is 5.76. The minimum absolute atomic E-state index is 0.0259. The van der Waals surface area contributed by atoms with Gasteiger partial charge in [0.25, 0.3) is 0 Å². The van der Waals surface area contributed by atoms with Crippen LogP contribution in [-0.2, 0) is 22.6 Å². The number of hydrogen-bond donors (Lipinski definition) is 1. The molecule has 148 valence electrons. The van der Waals surface area contributed by atoms with Crippen molar-refractivity contribution in [1.29, 1.82) is 0 Å². The smallest absolute Gasteiger partial charge is 0.225 e. The van der Waals surface area contributed by atoms with Crippen molar-refractivity contribution in [2.75, 3.05) is 19.3 Å². The molecule has 1 fully saturated rings. The molecule has 0 aliphatic carbocycles. The van der Waals surface area contributed by atoms with Crippen LogP contribution >= 0.6 is 23.4 Å². The first-order valence-electron chi connectivity index (χ1n) is 9.48. The number of rotatable bonds is 7. The van der Waals surface area contributed by atoms with Crippen LogP contribution in [0, 0.1) is 5.92 Å². The lowest BCUT2D eigenvalue weighted by Crippen LogP contribution is -2.46. The van der Waals surface area contributed by atoms with E-state index in [-0.39, 0.29) is 17.7 Å². The summed E-state index contributed by atoms with van der Waals surface area (Å²) in [5.41, 5.74) is 2.22. The van der Waals surface area contributed by atoms with Gasteiger partial charge in [-0.25, -0.2) is 0 Å². The highest BCUT2D eigenvalue weighted by molar-refractivity contribution is 7.98. The van der Waals surface area contributed by atoms with Crippen molar-refractivity contribution in [3.05, 3.63) is 64.7 Å². The zero-order valence-electron chi connectivity index (χ0n) is 16.0. The molecule has 28 heavy (non-hydrogen) atoms. The fraction of sp³-hybridized carbons (Fsp3) is 0.364. The van der Waals surface area contributed by atoms with Crippen LogP contribution < -0.4 is 5.32 Å². The van der Waals surface area contributed by atoms with Gasteiger partial charge in [0.15, 0.2) is 0 Å². The van der Waals surface area contributed by atoms with Crippen molar-refractivity contribution in [3.63, 3.8) is 0 Å². The highest BCUT2D eigenvalue weighted by Gasteiger charge is 2.29. The van der Waals surface area contributed by atoms with Gasteiger partial charge in [0.1, 0.15) is 0 Å². The van der Waals surface area contributed by atoms with Gasteiger partial charge in [-0.3, -0.25) is 9.59 Å². The maximum Gasteiger partial charge on any atom is 0.225 e. The summed E-state index contributed by atoms with van der Waals surface area (Å²) < 4.78 is 0. The van der Waals surface area contributed by atoms with Crippen molar-refractivity contribution in [3.8, 4) is 0 Å². The Morgan fingerprint density at radius 2 is 1.82 bits per heavy atom. The number of likely N-dealkylation sites (tertiary alicyclic amines) is 1. The van der Waals surface area contributed by atoms with E-state index in [9.17, 15) is 9.59 Å². The molecule has 1 saturated heterocycles. The lowest BCUT2D eigenvalue weighted by Gasteiger charge is -2.32. The molecular formula is C22H25ClN2O2S. The number of carbonyl (C=O) groups excluding carboxylic acids is 2. The molecule has 2 aromatic rings. The number of nitrogens with one attached hydrogen (secondary N) is 1. The minimum atomic E-state index is -0.145. The largest absolute Gasteiger partial charge is 0.352 e. The molecule has 2 aromatic carbocycles. The van der Waals surface area contributed by atoms with Crippen LogP contribution in [0.15, 0.2) is 53.4 Å². The summed E-state index contributed by atoms with van der Waals surface area (Å²) in [6, 6.07) is 15.9. The summed E-state index contributed by atoms with van der Waals surface area (Å²) in [4.78, 5) is 27.9. The number of thioether (sulfide) groups is 1. The minimum Gasteiger partial charge on any atom is -0.352 e. The predicted molar refractivity (Wildman–Crippen MR) is 115 cm³/mol. The van der Waals surface area contributed by atoms with Crippen LogP contribution in [0.25, 0.3) is 0 Å². The van der Waals surface area contributed by atoms with E-state index in [1.165, 1.54) is 4.90 Å². The first-order chi connectivity index (χ1) is 13.5. The number of hydrogen-bond acceptors (Lipinski definition) is 3. The van der Waals surface area contributed by atoms with Crippen molar-refractivity contribution >= 4 is 35.2 Å². The quantitative estimate of drug-likeness (QED) is 0.689. The second-order valence-electron chi connectivity index (χ2n) is 7.02. The standard InChI is InChI=1S/C22H25ClN2O2S/c1-28-20-9-4-17(5-10-20)14-24-22(27)18-6-11-21(26)25(15-18)13-12-16-2-7-19(23)8-3-16/h2-5,7-10,18H,6,11-15H2,1H3,(H,24,27)/t18-/m0/s1. The van der Waals surface area contributed by atoms with Gasteiger partial charge in [-0.2, -0.15) is 0 Å². The number of piperidine rings is 1. The Bertz CT molecular complexity index is 808. The average Bonchev–Trinajstić information content (AvgIpc) is 2.73. The molecule has 3 rings (SSSR count). The van der Waals surface area contributed by atoms with E-state index in [1.54, 1.807) is 11.8 Å². The van der Waals surface area contributed by atoms with Crippen LogP contribution in [0.4, 0.5) is 0 Å². The number of halogens is 1. The van der Waals surface area contributed by atoms with E-state index >= 15 is 0 Å². The summed E-state index contributed by atoms with van der Waals surface area (Å²) in [5.74, 6) is 0.0111. The molecular weight excluding hydrogens is 392 g/mol. The normalized spacial score (nSPS) is 16.9. The summed E-state index contributed by atoms with van der Waals surface area (Å²) in [7, 11) is 0. The van der Waals surface area contributed by atoms with Gasteiger partial charge < -0.3 is 10.2 Å². The first kappa shape index (κ1) is 20.7. The Morgan fingerprint density at radius 3 is 2.50 bits per heavy atom. The molecule has 0 spiro atoms. The Kier molecular flexibility index (Phi) is 7.40. The highest BCUT2D eigenvalue weighted by atomic mass is 35.5. The number of nitrogens with zero attached hydrogens (tertiary/aromatic N) is 1. The maximum atomic E-state index is 12.6. The zero-order valence-corrected chi connectivity index (χ0v) is 17.6. The summed E-state index contributed by atoms with van der Waals surface area (Å²) in [5, 5.41) is 3.73. The number of benzene rings is 2. The zero-order chi connectivity index (χ0) is 19.9. The van der Waals surface area contributed by atoms with Crippen LogP contribution in [0.1, 0.15) is 24.0 Å². The second-order valence-corrected chi connectivity index (χ2v) is 8.33. The monoisotopic (exact) mass is 416 g/mol. The molecule has 6 heteroatoms. The van der Waals surface area contributed by atoms with Crippen LogP contribution in [0.3, 0.4) is 0 Å². The fourth-order valence-electron chi connectivity index (χ4n) is 3.34. The molecule has 1 N–H and O–H groups in total. The number of amides is 2. The summed E-state index contributed by atoms with van der Waals surface area (Å²) in [6.45, 7) is 1.63. The van der Waals surface area contributed by atoms with Gasteiger partial charge in [-0.05, 0) is 54.5 Å². The molecule has 0 aromatic heterocycles. The van der Waals surface area contributed by atoms with Crippen LogP contribution in [0.2, 0.25) is 5.02 Å². The van der Waals surface area contributed by atoms with E-state index in [1.807, 2.05) is 47.6 Å². The Morgan fingerprint density at radius 1 is 1.14 bits per heavy atom. The second kappa shape index (κ2) is 9.99. The lowest BCUT2D eigenvalue weighted by molar-refractivity contribution is -0.138. The van der Waals surface area contributed by atoms with Crippen molar-refractivity contribution in [2.24, 2.45) is 5.92 Å². The third-order valence-corrected chi connectivity index (χ3v) is 6.08. The predicted octanol–water partition coefficient (Wildman–Crippen LogP) is 4.16. The number of carbonyl (C=O) groups is 2. The van der Waals surface area contributed by atoms with Gasteiger partial charge in [-0.15, -0.1) is 11.8 Å². The molecule has 1 heterocycles. The van der Waals surface area contributed by atoms with Crippen LogP contribution in [0.5, 0.6) is 0 Å². The third-order valence-electron chi connectivity index (χ3n) is 5.08. The van der Waals surface area contributed by atoms with Crippen molar-refractivity contribution < 1.29 is 9.59 Å². The average molecular weight is 417 g/mol. The Labute approximate surface area is 175 Å². The molecule has 0 bridgehead atoms. The Hall–Kier alpha value is -1.98. The van der Waals surface area contributed by atoms with E-state index in [4.69, 9.17) is 11.6 Å². The summed E-state index contributed by atoms with van der Waals surface area (Å²) >= 11 is 7.61. The van der Waals surface area contributed by atoms with Gasteiger partial charge in [0, 0.05) is 36.0 Å². The van der Waals surface area contributed by atoms with E-state index in [2.05, 4.69) is 17.4 Å². The molecule has 1 atom stereocenters. The van der Waals surface area contributed by atoms with Gasteiger partial charge in [-0.1, -0.05) is 35.9 Å². The topological polar surface area (TPSA) is 49.4 Å².